The van der Waals surface area contributed by atoms with E-state index in [2.05, 4.69) is 5.32 Å². The summed E-state index contributed by atoms with van der Waals surface area (Å²) in [5.41, 5.74) is 1.34. The monoisotopic (exact) mass is 284 g/mol. The van der Waals surface area contributed by atoms with Crippen LogP contribution >= 0.6 is 11.6 Å². The minimum atomic E-state index is -0.0702. The highest BCUT2D eigenvalue weighted by Gasteiger charge is 2.15. The molecule has 0 saturated carbocycles. The van der Waals surface area contributed by atoms with Gasteiger partial charge in [0.1, 0.15) is 0 Å². The molecular weight excluding hydrogens is 264 g/mol. The van der Waals surface area contributed by atoms with Crippen LogP contribution in [0.25, 0.3) is 0 Å². The summed E-state index contributed by atoms with van der Waals surface area (Å²) in [5, 5.41) is 3.55. The number of carbonyl (C=O) groups is 1. The number of halogens is 1. The van der Waals surface area contributed by atoms with Gasteiger partial charge in [-0.25, -0.2) is 0 Å². The van der Waals surface area contributed by atoms with Crippen LogP contribution in [0.5, 0.6) is 0 Å². The first-order valence-corrected chi connectivity index (χ1v) is 6.68. The lowest BCUT2D eigenvalue weighted by atomic mass is 10.1. The molecule has 5 heteroatoms. The van der Waals surface area contributed by atoms with E-state index >= 15 is 0 Å². The Morgan fingerprint density at radius 2 is 2.16 bits per heavy atom. The van der Waals surface area contributed by atoms with Gasteiger partial charge in [0.15, 0.2) is 0 Å². The second-order valence-electron chi connectivity index (χ2n) is 4.59. The number of nitrogens with one attached hydrogen (secondary N) is 1. The maximum atomic E-state index is 12.3. The first kappa shape index (κ1) is 15.8. The summed E-state index contributed by atoms with van der Waals surface area (Å²) < 4.78 is 5.44. The summed E-state index contributed by atoms with van der Waals surface area (Å²) in [4.78, 5) is 14.0. The predicted octanol–water partition coefficient (Wildman–Crippen LogP) is 2.88. The molecule has 0 aliphatic carbocycles. The third-order valence-electron chi connectivity index (χ3n) is 2.71. The number of amides is 1. The van der Waals surface area contributed by atoms with Crippen molar-refractivity contribution in [1.29, 1.82) is 0 Å². The first-order chi connectivity index (χ1) is 8.95. The van der Waals surface area contributed by atoms with Crippen molar-refractivity contribution in [3.05, 3.63) is 28.8 Å². The number of benzene rings is 1. The number of nitrogens with zero attached hydrogens (tertiary/aromatic N) is 1. The summed E-state index contributed by atoms with van der Waals surface area (Å²) in [6.45, 7) is 5.01. The molecule has 0 unspecified atom stereocenters. The molecule has 1 amide bonds. The third-order valence-corrected chi connectivity index (χ3v) is 2.94. The molecular formula is C14H21ClN2O2. The zero-order valence-corrected chi connectivity index (χ0v) is 12.6. The van der Waals surface area contributed by atoms with E-state index in [0.29, 0.717) is 23.7 Å². The number of ether oxygens (including phenoxy) is 1. The smallest absolute Gasteiger partial charge is 0.255 e. The molecule has 0 aromatic heterocycles. The van der Waals surface area contributed by atoms with Crippen LogP contribution in [0, 0.1) is 0 Å². The number of rotatable bonds is 6. The quantitative estimate of drug-likeness (QED) is 0.873. The minimum Gasteiger partial charge on any atom is -0.387 e. The van der Waals surface area contributed by atoms with Crippen molar-refractivity contribution in [3.63, 3.8) is 0 Å². The van der Waals surface area contributed by atoms with Crippen LogP contribution in [0.1, 0.15) is 24.2 Å². The van der Waals surface area contributed by atoms with Crippen molar-refractivity contribution in [2.75, 3.05) is 32.6 Å². The van der Waals surface area contributed by atoms with Gasteiger partial charge in [-0.15, -0.1) is 0 Å². The highest BCUT2D eigenvalue weighted by Crippen LogP contribution is 2.21. The molecule has 1 aromatic carbocycles. The van der Waals surface area contributed by atoms with Gasteiger partial charge in [0.2, 0.25) is 0 Å². The molecule has 0 spiro atoms. The highest BCUT2D eigenvalue weighted by molar-refractivity contribution is 6.31. The average molecular weight is 285 g/mol. The van der Waals surface area contributed by atoms with E-state index in [1.807, 2.05) is 13.8 Å². The van der Waals surface area contributed by atoms with Gasteiger partial charge < -0.3 is 15.0 Å². The van der Waals surface area contributed by atoms with Crippen LogP contribution in [0.15, 0.2) is 18.2 Å². The molecule has 0 fully saturated rings. The summed E-state index contributed by atoms with van der Waals surface area (Å²) in [7, 11) is 3.54. The summed E-state index contributed by atoms with van der Waals surface area (Å²) >= 11 is 5.95. The number of likely N-dealkylation sites (N-methyl/N-ethyl adjacent to an activating group) is 1. The van der Waals surface area contributed by atoms with E-state index in [0.717, 1.165) is 5.69 Å². The Kier molecular flexibility index (Phi) is 6.12. The van der Waals surface area contributed by atoms with Gasteiger partial charge in [0, 0.05) is 31.4 Å². The molecule has 0 radical (unpaired) electrons. The van der Waals surface area contributed by atoms with Gasteiger partial charge in [-0.2, -0.15) is 0 Å². The van der Waals surface area contributed by atoms with Crippen LogP contribution in [-0.4, -0.2) is 44.2 Å². The van der Waals surface area contributed by atoms with Gasteiger partial charge in [-0.1, -0.05) is 11.6 Å². The van der Waals surface area contributed by atoms with Crippen LogP contribution in [0.4, 0.5) is 5.69 Å². The molecule has 0 aliphatic rings. The number of hydrogen-bond donors (Lipinski definition) is 1. The van der Waals surface area contributed by atoms with Crippen molar-refractivity contribution in [2.24, 2.45) is 0 Å². The lowest BCUT2D eigenvalue weighted by Crippen LogP contribution is -2.31. The Hall–Kier alpha value is -1.26. The lowest BCUT2D eigenvalue weighted by molar-refractivity contribution is 0.0532. The maximum absolute atomic E-state index is 12.3. The van der Waals surface area contributed by atoms with Crippen molar-refractivity contribution in [1.82, 2.24) is 4.90 Å². The number of hydrogen-bond acceptors (Lipinski definition) is 3. The topological polar surface area (TPSA) is 41.6 Å². The molecule has 19 heavy (non-hydrogen) atoms. The molecule has 106 valence electrons. The second kappa shape index (κ2) is 7.36. The van der Waals surface area contributed by atoms with Gasteiger partial charge in [-0.05, 0) is 32.0 Å². The SMILES string of the molecule is CNc1ccc(Cl)cc1C(=O)N(C)CCOC(C)C. The molecule has 0 bridgehead atoms. The van der Waals surface area contributed by atoms with Crippen LogP contribution in [0.3, 0.4) is 0 Å². The van der Waals surface area contributed by atoms with Gasteiger partial charge in [0.25, 0.3) is 5.91 Å². The molecule has 4 nitrogen and oxygen atoms in total. The van der Waals surface area contributed by atoms with Crippen LogP contribution < -0.4 is 5.32 Å². The summed E-state index contributed by atoms with van der Waals surface area (Å²) in [6, 6.07) is 5.23. The Balaban J connectivity index is 2.73. The largest absolute Gasteiger partial charge is 0.387 e. The van der Waals surface area contributed by atoms with E-state index in [9.17, 15) is 4.79 Å². The van der Waals surface area contributed by atoms with Crippen molar-refractivity contribution in [3.8, 4) is 0 Å². The lowest BCUT2D eigenvalue weighted by Gasteiger charge is -2.20. The normalized spacial score (nSPS) is 10.6. The van der Waals surface area contributed by atoms with Crippen LogP contribution in [-0.2, 0) is 4.74 Å². The average Bonchev–Trinajstić information content (AvgIpc) is 2.37. The molecule has 0 saturated heterocycles. The van der Waals surface area contributed by atoms with Gasteiger partial charge in [0.05, 0.1) is 18.3 Å². The van der Waals surface area contributed by atoms with Crippen LogP contribution in [0.2, 0.25) is 5.02 Å². The fourth-order valence-electron chi connectivity index (χ4n) is 1.64. The van der Waals surface area contributed by atoms with Gasteiger partial charge in [-0.3, -0.25) is 4.79 Å². The summed E-state index contributed by atoms with van der Waals surface area (Å²) in [5.74, 6) is -0.0702. The van der Waals surface area contributed by atoms with E-state index in [1.54, 1.807) is 37.2 Å². The van der Waals surface area contributed by atoms with Crippen molar-refractivity contribution < 1.29 is 9.53 Å². The molecule has 1 N–H and O–H groups in total. The Labute approximate surface area is 119 Å². The van der Waals surface area contributed by atoms with E-state index in [4.69, 9.17) is 16.3 Å². The fraction of sp³-hybridized carbons (Fsp3) is 0.500. The molecule has 0 heterocycles. The molecule has 0 aliphatic heterocycles. The molecule has 1 rings (SSSR count). The standard InChI is InChI=1S/C14H21ClN2O2/c1-10(2)19-8-7-17(4)14(18)12-9-11(15)5-6-13(12)16-3/h5-6,9-10,16H,7-8H2,1-4H3. The van der Waals surface area contributed by atoms with Crippen molar-refractivity contribution >= 4 is 23.2 Å². The van der Waals surface area contributed by atoms with Crippen molar-refractivity contribution in [2.45, 2.75) is 20.0 Å². The van der Waals surface area contributed by atoms with Gasteiger partial charge >= 0.3 is 0 Å². The first-order valence-electron chi connectivity index (χ1n) is 6.30. The number of anilines is 1. The molecule has 0 atom stereocenters. The second-order valence-corrected chi connectivity index (χ2v) is 5.02. The minimum absolute atomic E-state index is 0.0702. The Morgan fingerprint density at radius 3 is 2.74 bits per heavy atom. The summed E-state index contributed by atoms with van der Waals surface area (Å²) in [6.07, 6.45) is 0.169. The zero-order chi connectivity index (χ0) is 14.4. The zero-order valence-electron chi connectivity index (χ0n) is 11.9. The highest BCUT2D eigenvalue weighted by atomic mass is 35.5. The maximum Gasteiger partial charge on any atom is 0.255 e. The van der Waals surface area contributed by atoms with E-state index in [1.165, 1.54) is 0 Å². The fourth-order valence-corrected chi connectivity index (χ4v) is 1.82. The molecule has 1 aromatic rings. The number of carbonyl (C=O) groups excluding carboxylic acids is 1. The van der Waals surface area contributed by atoms with E-state index in [-0.39, 0.29) is 12.0 Å². The predicted molar refractivity (Wildman–Crippen MR) is 79.0 cm³/mol. The third kappa shape index (κ3) is 4.73. The van der Waals surface area contributed by atoms with E-state index < -0.39 is 0 Å². The Bertz CT molecular complexity index is 435. The Morgan fingerprint density at radius 1 is 1.47 bits per heavy atom.